The highest BCUT2D eigenvalue weighted by Crippen LogP contribution is 2.44. The summed E-state index contributed by atoms with van der Waals surface area (Å²) in [6.07, 6.45) is 6.24. The van der Waals surface area contributed by atoms with Crippen LogP contribution in [0.5, 0.6) is 11.5 Å². The smallest absolute Gasteiger partial charge is 0.322 e. The Morgan fingerprint density at radius 1 is 0.947 bits per heavy atom. The van der Waals surface area contributed by atoms with Gasteiger partial charge in [0.2, 0.25) is 0 Å². The molecule has 3 aliphatic rings. The first kappa shape index (κ1) is 23.3. The van der Waals surface area contributed by atoms with Crippen LogP contribution in [0, 0.1) is 11.6 Å². The van der Waals surface area contributed by atoms with Gasteiger partial charge in [-0.25, -0.2) is 13.6 Å². The Morgan fingerprint density at radius 3 is 2.58 bits per heavy atom. The molecule has 0 spiro atoms. The van der Waals surface area contributed by atoms with Crippen molar-refractivity contribution in [2.75, 3.05) is 18.5 Å². The second-order valence-corrected chi connectivity index (χ2v) is 10.9. The van der Waals surface area contributed by atoms with Crippen LogP contribution in [0.3, 0.4) is 0 Å². The van der Waals surface area contributed by atoms with Crippen LogP contribution in [0.2, 0.25) is 0 Å². The third kappa shape index (κ3) is 3.93. The summed E-state index contributed by atoms with van der Waals surface area (Å²) in [5.41, 5.74) is 4.13. The van der Waals surface area contributed by atoms with Gasteiger partial charge in [-0.3, -0.25) is 0 Å². The molecule has 2 amide bonds. The molecule has 38 heavy (non-hydrogen) atoms. The molecule has 2 aliphatic heterocycles. The molecule has 0 unspecified atom stereocenters. The fourth-order valence-electron chi connectivity index (χ4n) is 5.79. The normalized spacial score (nSPS) is 17.7. The van der Waals surface area contributed by atoms with E-state index in [0.29, 0.717) is 42.5 Å². The van der Waals surface area contributed by atoms with Crippen LogP contribution in [-0.4, -0.2) is 28.7 Å². The van der Waals surface area contributed by atoms with Crippen LogP contribution in [0.4, 0.5) is 19.3 Å². The molecule has 2 aromatic carbocycles. The average molecular weight is 534 g/mol. The zero-order valence-electron chi connectivity index (χ0n) is 20.5. The highest BCUT2D eigenvalue weighted by molar-refractivity contribution is 7.15. The lowest BCUT2D eigenvalue weighted by molar-refractivity contribution is 0.171. The van der Waals surface area contributed by atoms with Gasteiger partial charge >= 0.3 is 6.03 Å². The van der Waals surface area contributed by atoms with E-state index in [4.69, 9.17) is 9.47 Å². The van der Waals surface area contributed by atoms with E-state index < -0.39 is 17.7 Å². The molecular formula is C29H25F2N3O3S. The number of anilines is 1. The quantitative estimate of drug-likeness (QED) is 0.316. The average Bonchev–Trinajstić information content (AvgIpc) is 3.50. The van der Waals surface area contributed by atoms with Crippen LogP contribution in [0.25, 0.3) is 5.00 Å². The molecule has 1 N–H and O–H groups in total. The van der Waals surface area contributed by atoms with Gasteiger partial charge in [-0.15, -0.1) is 11.3 Å². The summed E-state index contributed by atoms with van der Waals surface area (Å²) in [6, 6.07) is 11.5. The van der Waals surface area contributed by atoms with Gasteiger partial charge in [0.25, 0.3) is 0 Å². The molecule has 7 rings (SSSR count). The number of nitrogens with one attached hydrogen (secondary N) is 1. The van der Waals surface area contributed by atoms with Crippen LogP contribution in [0.15, 0.2) is 54.7 Å². The summed E-state index contributed by atoms with van der Waals surface area (Å²) in [5.74, 6) is -0.162. The van der Waals surface area contributed by atoms with Crippen molar-refractivity contribution in [1.82, 2.24) is 9.47 Å². The second-order valence-electron chi connectivity index (χ2n) is 9.82. The predicted octanol–water partition coefficient (Wildman–Crippen LogP) is 6.60. The molecule has 4 aromatic rings. The molecule has 6 nitrogen and oxygen atoms in total. The van der Waals surface area contributed by atoms with Crippen molar-refractivity contribution in [3.63, 3.8) is 0 Å². The van der Waals surface area contributed by atoms with Gasteiger partial charge in [0.15, 0.2) is 11.5 Å². The topological polar surface area (TPSA) is 55.7 Å². The van der Waals surface area contributed by atoms with Gasteiger partial charge in [0.05, 0.1) is 12.2 Å². The van der Waals surface area contributed by atoms with Crippen molar-refractivity contribution < 1.29 is 23.0 Å². The third-order valence-corrected chi connectivity index (χ3v) is 8.77. The molecule has 1 aliphatic carbocycles. The number of urea groups is 1. The van der Waals surface area contributed by atoms with E-state index in [-0.39, 0.29) is 6.03 Å². The van der Waals surface area contributed by atoms with E-state index in [9.17, 15) is 13.6 Å². The van der Waals surface area contributed by atoms with Crippen LogP contribution in [0.1, 0.15) is 46.1 Å². The number of hydrogen-bond donors (Lipinski definition) is 1. The molecular weight excluding hydrogens is 508 g/mol. The standard InChI is InChI=1S/C29H25F2N3O3S/c30-18-12-17(13-19(31)14-18)27-23-5-3-9-33(23)28-22(21-4-1-2-6-26(21)38-28)16-34(27)29(35)32-20-7-8-24-25(15-20)37-11-10-36-24/h3,5,7-9,12-15,27H,1-2,4,6,10-11,16H2,(H,32,35)/t27-/m0/s1. The van der Waals surface area contributed by atoms with Crippen molar-refractivity contribution >= 4 is 23.1 Å². The van der Waals surface area contributed by atoms with Gasteiger partial charge in [0.1, 0.15) is 35.9 Å². The minimum Gasteiger partial charge on any atom is -0.486 e. The summed E-state index contributed by atoms with van der Waals surface area (Å²) in [4.78, 5) is 17.1. The van der Waals surface area contributed by atoms with Gasteiger partial charge in [-0.1, -0.05) is 0 Å². The number of amides is 2. The van der Waals surface area contributed by atoms with Crippen LogP contribution in [-0.2, 0) is 19.4 Å². The number of rotatable bonds is 2. The zero-order chi connectivity index (χ0) is 25.8. The van der Waals surface area contributed by atoms with Crippen molar-refractivity contribution in [3.8, 4) is 16.5 Å². The van der Waals surface area contributed by atoms with Crippen molar-refractivity contribution in [2.24, 2.45) is 0 Å². The number of carbonyl (C=O) groups excluding carboxylic acids is 1. The van der Waals surface area contributed by atoms with Crippen molar-refractivity contribution in [2.45, 2.75) is 38.3 Å². The van der Waals surface area contributed by atoms with Gasteiger partial charge in [-0.05, 0) is 73.2 Å². The lowest BCUT2D eigenvalue weighted by Gasteiger charge is -2.31. The second kappa shape index (κ2) is 9.16. The van der Waals surface area contributed by atoms with E-state index in [1.54, 1.807) is 34.4 Å². The Balaban J connectivity index is 1.35. The first-order valence-corrected chi connectivity index (χ1v) is 13.6. The fourth-order valence-corrected chi connectivity index (χ4v) is 7.19. The minimum atomic E-state index is -0.703. The summed E-state index contributed by atoms with van der Waals surface area (Å²) >= 11 is 1.76. The number of aryl methyl sites for hydroxylation is 1. The molecule has 0 radical (unpaired) electrons. The fraction of sp³-hybridized carbons (Fsp3) is 0.276. The Bertz CT molecular complexity index is 1540. The number of ether oxygens (including phenoxy) is 2. The number of hydrogen-bond acceptors (Lipinski definition) is 4. The number of halogens is 2. The number of fused-ring (bicyclic) bond motifs is 6. The third-order valence-electron chi connectivity index (χ3n) is 7.43. The van der Waals surface area contributed by atoms with E-state index in [0.717, 1.165) is 48.0 Å². The van der Waals surface area contributed by atoms with Crippen LogP contribution >= 0.6 is 11.3 Å². The molecule has 0 saturated heterocycles. The van der Waals surface area contributed by atoms with Crippen LogP contribution < -0.4 is 14.8 Å². The Kier molecular flexibility index (Phi) is 5.61. The maximum absolute atomic E-state index is 14.5. The molecule has 0 bridgehead atoms. The number of thiophene rings is 1. The largest absolute Gasteiger partial charge is 0.486 e. The molecule has 4 heterocycles. The zero-order valence-corrected chi connectivity index (χ0v) is 21.3. The summed E-state index contributed by atoms with van der Waals surface area (Å²) < 4.78 is 42.3. The molecule has 1 atom stereocenters. The van der Waals surface area contributed by atoms with E-state index in [1.807, 2.05) is 18.3 Å². The lowest BCUT2D eigenvalue weighted by atomic mass is 9.95. The number of nitrogens with zero attached hydrogens (tertiary/aromatic N) is 2. The van der Waals surface area contributed by atoms with Gasteiger partial charge < -0.3 is 24.3 Å². The maximum Gasteiger partial charge on any atom is 0.322 e. The molecule has 0 saturated carbocycles. The summed E-state index contributed by atoms with van der Waals surface area (Å²) in [7, 11) is 0. The van der Waals surface area contributed by atoms with E-state index in [2.05, 4.69) is 9.88 Å². The lowest BCUT2D eigenvalue weighted by Crippen LogP contribution is -2.38. The monoisotopic (exact) mass is 533 g/mol. The molecule has 2 aromatic heterocycles. The Morgan fingerprint density at radius 2 is 1.74 bits per heavy atom. The van der Waals surface area contributed by atoms with E-state index in [1.165, 1.54) is 22.6 Å². The number of aromatic nitrogens is 1. The summed E-state index contributed by atoms with van der Waals surface area (Å²) in [5, 5.41) is 4.08. The minimum absolute atomic E-state index is 0.321. The first-order chi connectivity index (χ1) is 18.5. The number of benzene rings is 2. The molecule has 194 valence electrons. The van der Waals surface area contributed by atoms with Crippen molar-refractivity contribution in [3.05, 3.63) is 93.6 Å². The number of carbonyl (C=O) groups is 1. The summed E-state index contributed by atoms with van der Waals surface area (Å²) in [6.45, 7) is 1.24. The maximum atomic E-state index is 14.5. The predicted molar refractivity (Wildman–Crippen MR) is 140 cm³/mol. The SMILES string of the molecule is O=C(Nc1ccc2c(c1)OCCO2)N1Cc2c(sc3c2CCCC3)-n2cccc2[C@@H]1c1cc(F)cc(F)c1. The highest BCUT2D eigenvalue weighted by atomic mass is 32.1. The van der Waals surface area contributed by atoms with Gasteiger partial charge in [-0.2, -0.15) is 0 Å². The van der Waals surface area contributed by atoms with Gasteiger partial charge in [0, 0.05) is 34.5 Å². The highest BCUT2D eigenvalue weighted by Gasteiger charge is 2.36. The Labute approximate surface area is 222 Å². The first-order valence-electron chi connectivity index (χ1n) is 12.8. The molecule has 9 heteroatoms. The molecule has 0 fully saturated rings. The van der Waals surface area contributed by atoms with E-state index >= 15 is 0 Å². The van der Waals surface area contributed by atoms with Crippen molar-refractivity contribution in [1.29, 1.82) is 0 Å². The Hall–Kier alpha value is -3.85.